The van der Waals surface area contributed by atoms with E-state index in [1.54, 1.807) is 12.1 Å². The summed E-state index contributed by atoms with van der Waals surface area (Å²) < 4.78 is 0. The number of fused-ring (bicyclic) bond motifs is 1. The highest BCUT2D eigenvalue weighted by atomic mass is 16.2. The SMILES string of the molecule is CC1=CCC(N2CCN(c3ccc4c(c3)C(=O)N(C3CCC(=O)NC3=O)C4=O)CC2)C1. The van der Waals surface area contributed by atoms with Crippen LogP contribution in [0.2, 0.25) is 0 Å². The predicted molar refractivity (Wildman–Crippen MR) is 114 cm³/mol. The maximum atomic E-state index is 13.0. The molecule has 0 radical (unpaired) electrons. The first-order valence-corrected chi connectivity index (χ1v) is 10.9. The smallest absolute Gasteiger partial charge is 0.262 e. The van der Waals surface area contributed by atoms with Crippen LogP contribution in [0.15, 0.2) is 29.8 Å². The van der Waals surface area contributed by atoms with Crippen molar-refractivity contribution in [3.8, 4) is 0 Å². The van der Waals surface area contributed by atoms with E-state index in [0.29, 0.717) is 17.2 Å². The summed E-state index contributed by atoms with van der Waals surface area (Å²) in [6.45, 7) is 5.87. The third-order valence-electron chi connectivity index (χ3n) is 6.92. The molecule has 4 aliphatic rings. The molecule has 1 aliphatic carbocycles. The number of carbonyl (C=O) groups excluding carboxylic acids is 4. The van der Waals surface area contributed by atoms with E-state index in [1.165, 1.54) is 5.57 Å². The lowest BCUT2D eigenvalue weighted by molar-refractivity contribution is -0.136. The predicted octanol–water partition coefficient (Wildman–Crippen LogP) is 1.32. The van der Waals surface area contributed by atoms with Crippen molar-refractivity contribution in [1.29, 1.82) is 0 Å². The van der Waals surface area contributed by atoms with Gasteiger partial charge in [-0.15, -0.1) is 0 Å². The van der Waals surface area contributed by atoms with E-state index < -0.39 is 23.8 Å². The molecule has 2 atom stereocenters. The Kier molecular flexibility index (Phi) is 4.89. The molecule has 2 unspecified atom stereocenters. The molecule has 0 aromatic heterocycles. The number of carbonyl (C=O) groups is 4. The summed E-state index contributed by atoms with van der Waals surface area (Å²) in [7, 11) is 0. The number of rotatable bonds is 3. The minimum atomic E-state index is -0.930. The van der Waals surface area contributed by atoms with Crippen LogP contribution >= 0.6 is 0 Å². The molecule has 1 aromatic carbocycles. The van der Waals surface area contributed by atoms with E-state index in [2.05, 4.69) is 28.1 Å². The van der Waals surface area contributed by atoms with Crippen LogP contribution in [0, 0.1) is 0 Å². The number of nitrogens with one attached hydrogen (secondary N) is 1. The Hall–Kier alpha value is -3.00. The molecular formula is C23H26N4O4. The number of imide groups is 2. The zero-order valence-corrected chi connectivity index (χ0v) is 17.6. The van der Waals surface area contributed by atoms with Gasteiger partial charge in [-0.2, -0.15) is 0 Å². The van der Waals surface area contributed by atoms with Gasteiger partial charge in [0.1, 0.15) is 6.04 Å². The molecule has 0 spiro atoms. The molecule has 0 saturated carbocycles. The zero-order valence-electron chi connectivity index (χ0n) is 17.6. The van der Waals surface area contributed by atoms with Crippen molar-refractivity contribution in [3.63, 3.8) is 0 Å². The van der Waals surface area contributed by atoms with Crippen LogP contribution in [0.4, 0.5) is 5.69 Å². The second-order valence-electron chi connectivity index (χ2n) is 8.84. The van der Waals surface area contributed by atoms with E-state index in [4.69, 9.17) is 0 Å². The molecule has 1 aromatic rings. The van der Waals surface area contributed by atoms with Crippen molar-refractivity contribution in [1.82, 2.24) is 15.1 Å². The summed E-state index contributed by atoms with van der Waals surface area (Å²) in [5.41, 5.74) is 3.05. The number of benzene rings is 1. The van der Waals surface area contributed by atoms with Crippen molar-refractivity contribution in [3.05, 3.63) is 41.0 Å². The maximum absolute atomic E-state index is 13.0. The normalized spacial score (nSPS) is 26.9. The van der Waals surface area contributed by atoms with Gasteiger partial charge in [0.2, 0.25) is 11.8 Å². The highest BCUT2D eigenvalue weighted by Crippen LogP contribution is 2.31. The highest BCUT2D eigenvalue weighted by molar-refractivity contribution is 6.23. The van der Waals surface area contributed by atoms with Crippen molar-refractivity contribution in [2.24, 2.45) is 0 Å². The molecule has 2 saturated heterocycles. The second kappa shape index (κ2) is 7.60. The molecule has 31 heavy (non-hydrogen) atoms. The number of hydrogen-bond acceptors (Lipinski definition) is 6. The lowest BCUT2D eigenvalue weighted by Gasteiger charge is -2.39. The van der Waals surface area contributed by atoms with Crippen molar-refractivity contribution in [2.75, 3.05) is 31.1 Å². The number of hydrogen-bond donors (Lipinski definition) is 1. The van der Waals surface area contributed by atoms with Gasteiger partial charge in [-0.25, -0.2) is 0 Å². The number of anilines is 1. The summed E-state index contributed by atoms with van der Waals surface area (Å²) in [6.07, 6.45) is 4.88. The summed E-state index contributed by atoms with van der Waals surface area (Å²) in [4.78, 5) is 55.3. The Bertz CT molecular complexity index is 1010. The molecule has 0 bridgehead atoms. The second-order valence-corrected chi connectivity index (χ2v) is 8.84. The van der Waals surface area contributed by atoms with E-state index in [0.717, 1.165) is 49.6 Å². The molecular weight excluding hydrogens is 396 g/mol. The number of piperidine rings is 1. The monoisotopic (exact) mass is 422 g/mol. The zero-order chi connectivity index (χ0) is 21.7. The molecule has 3 heterocycles. The number of piperazine rings is 1. The van der Waals surface area contributed by atoms with Crippen LogP contribution in [0.5, 0.6) is 0 Å². The fourth-order valence-electron chi connectivity index (χ4n) is 5.15. The van der Waals surface area contributed by atoms with Gasteiger partial charge in [0.15, 0.2) is 0 Å². The highest BCUT2D eigenvalue weighted by Gasteiger charge is 2.44. The first-order valence-electron chi connectivity index (χ1n) is 10.9. The molecule has 3 aliphatic heterocycles. The molecule has 162 valence electrons. The van der Waals surface area contributed by atoms with Crippen LogP contribution in [-0.4, -0.2) is 71.7 Å². The van der Waals surface area contributed by atoms with Gasteiger partial charge < -0.3 is 4.90 Å². The molecule has 8 nitrogen and oxygen atoms in total. The number of amides is 4. The van der Waals surface area contributed by atoms with Crippen molar-refractivity contribution in [2.45, 2.75) is 44.7 Å². The first kappa shape index (κ1) is 19.9. The van der Waals surface area contributed by atoms with E-state index in [1.807, 2.05) is 6.07 Å². The molecule has 8 heteroatoms. The Morgan fingerprint density at radius 3 is 2.39 bits per heavy atom. The van der Waals surface area contributed by atoms with Gasteiger partial charge in [-0.1, -0.05) is 11.6 Å². The maximum Gasteiger partial charge on any atom is 0.262 e. The van der Waals surface area contributed by atoms with Crippen LogP contribution in [0.1, 0.15) is 53.3 Å². The Labute approximate surface area is 180 Å². The molecule has 2 fully saturated rings. The minimum absolute atomic E-state index is 0.120. The average Bonchev–Trinajstić information content (AvgIpc) is 3.30. The van der Waals surface area contributed by atoms with E-state index >= 15 is 0 Å². The lowest BCUT2D eigenvalue weighted by atomic mass is 10.0. The van der Waals surface area contributed by atoms with Crippen molar-refractivity contribution >= 4 is 29.3 Å². The van der Waals surface area contributed by atoms with Crippen LogP contribution in [-0.2, 0) is 9.59 Å². The van der Waals surface area contributed by atoms with Gasteiger partial charge in [0, 0.05) is 44.3 Å². The molecule has 4 amide bonds. The molecule has 5 rings (SSSR count). The van der Waals surface area contributed by atoms with Gasteiger partial charge in [-0.05, 0) is 44.4 Å². The van der Waals surface area contributed by atoms with Crippen LogP contribution in [0.3, 0.4) is 0 Å². The Morgan fingerprint density at radius 1 is 0.968 bits per heavy atom. The third kappa shape index (κ3) is 3.44. The van der Waals surface area contributed by atoms with Gasteiger partial charge in [0.25, 0.3) is 11.8 Å². The summed E-state index contributed by atoms with van der Waals surface area (Å²) in [5, 5.41) is 2.23. The Morgan fingerprint density at radius 2 is 1.71 bits per heavy atom. The topological polar surface area (TPSA) is 90.0 Å². The molecule has 1 N–H and O–H groups in total. The van der Waals surface area contributed by atoms with Gasteiger partial charge in [-0.3, -0.25) is 34.3 Å². The van der Waals surface area contributed by atoms with Crippen molar-refractivity contribution < 1.29 is 19.2 Å². The fourth-order valence-corrected chi connectivity index (χ4v) is 5.15. The van der Waals surface area contributed by atoms with E-state index in [-0.39, 0.29) is 18.7 Å². The van der Waals surface area contributed by atoms with Crippen LogP contribution in [0.25, 0.3) is 0 Å². The lowest BCUT2D eigenvalue weighted by Crippen LogP contribution is -2.54. The van der Waals surface area contributed by atoms with Crippen LogP contribution < -0.4 is 10.2 Å². The largest absolute Gasteiger partial charge is 0.369 e. The average molecular weight is 422 g/mol. The summed E-state index contributed by atoms with van der Waals surface area (Å²) in [6, 6.07) is 5.02. The van der Waals surface area contributed by atoms with Gasteiger partial charge in [0.05, 0.1) is 11.1 Å². The van der Waals surface area contributed by atoms with E-state index in [9.17, 15) is 19.2 Å². The summed E-state index contributed by atoms with van der Waals surface area (Å²) >= 11 is 0. The summed E-state index contributed by atoms with van der Waals surface area (Å²) in [5.74, 6) is -1.88. The standard InChI is InChI=1S/C23H26N4O4/c1-14-2-3-15(12-14)25-8-10-26(11-9-25)16-4-5-17-18(13-16)23(31)27(22(17)30)19-6-7-20(28)24-21(19)29/h2,4-5,13,15,19H,3,6-12H2,1H3,(H,24,28,29). The first-order chi connectivity index (χ1) is 14.9. The quantitative estimate of drug-likeness (QED) is 0.584. The minimum Gasteiger partial charge on any atom is -0.369 e. The third-order valence-corrected chi connectivity index (χ3v) is 6.92. The fraction of sp³-hybridized carbons (Fsp3) is 0.478. The Balaban J connectivity index is 1.30. The van der Waals surface area contributed by atoms with Gasteiger partial charge >= 0.3 is 0 Å². The number of nitrogens with zero attached hydrogens (tertiary/aromatic N) is 3.